The number of amides is 1. The number of ether oxygens (including phenoxy) is 1. The van der Waals surface area contributed by atoms with Crippen molar-refractivity contribution in [3.05, 3.63) is 58.9 Å². The van der Waals surface area contributed by atoms with E-state index in [9.17, 15) is 9.18 Å². The Kier molecular flexibility index (Phi) is 6.12. The second kappa shape index (κ2) is 8.52. The Morgan fingerprint density at radius 3 is 2.58 bits per heavy atom. The van der Waals surface area contributed by atoms with Gasteiger partial charge in [-0.2, -0.15) is 0 Å². The molecule has 3 rings (SSSR count). The van der Waals surface area contributed by atoms with E-state index < -0.39 is 0 Å². The van der Waals surface area contributed by atoms with E-state index in [1.165, 1.54) is 24.3 Å². The minimum absolute atomic E-state index is 0.123. The molecule has 138 valence electrons. The average molecular weight is 377 g/mol. The normalized spacial score (nSPS) is 15.7. The molecule has 1 saturated heterocycles. The van der Waals surface area contributed by atoms with Gasteiger partial charge in [-0.25, -0.2) is 4.39 Å². The molecule has 2 aromatic carbocycles. The Hall–Kier alpha value is -2.11. The molecule has 0 bridgehead atoms. The second-order valence-corrected chi connectivity index (χ2v) is 6.71. The number of piperidine rings is 1. The summed E-state index contributed by atoms with van der Waals surface area (Å²) in [5.74, 6) is -0.164. The van der Waals surface area contributed by atoms with E-state index in [0.29, 0.717) is 22.0 Å². The maximum absolute atomic E-state index is 13.0. The third-order valence-corrected chi connectivity index (χ3v) is 4.98. The van der Waals surface area contributed by atoms with Crippen LogP contribution in [0.1, 0.15) is 30.1 Å². The highest BCUT2D eigenvalue weighted by molar-refractivity contribution is 6.35. The van der Waals surface area contributed by atoms with E-state index in [1.54, 1.807) is 12.1 Å². The first-order chi connectivity index (χ1) is 12.6. The molecule has 1 aliphatic heterocycles. The molecular weight excluding hydrogens is 355 g/mol. The fourth-order valence-electron chi connectivity index (χ4n) is 3.02. The molecule has 1 amide bonds. The summed E-state index contributed by atoms with van der Waals surface area (Å²) < 4.78 is 19.1. The lowest BCUT2D eigenvalue weighted by atomic mass is 10.1. The highest BCUT2D eigenvalue weighted by atomic mass is 35.5. The van der Waals surface area contributed by atoms with Crippen molar-refractivity contribution < 1.29 is 13.9 Å². The number of carbonyl (C=O) groups is 1. The van der Waals surface area contributed by atoms with Crippen LogP contribution in [0.25, 0.3) is 0 Å². The minimum atomic E-state index is -0.385. The summed E-state index contributed by atoms with van der Waals surface area (Å²) in [5.41, 5.74) is 0.838. The largest absolute Gasteiger partial charge is 0.489 e. The number of anilines is 1. The van der Waals surface area contributed by atoms with Gasteiger partial charge in [0.25, 0.3) is 5.91 Å². The number of halogens is 2. The van der Waals surface area contributed by atoms with Crippen LogP contribution in [-0.2, 0) is 0 Å². The van der Waals surface area contributed by atoms with E-state index in [-0.39, 0.29) is 17.8 Å². The van der Waals surface area contributed by atoms with E-state index in [2.05, 4.69) is 17.1 Å². The third-order valence-electron chi connectivity index (χ3n) is 4.59. The molecule has 0 aliphatic carbocycles. The van der Waals surface area contributed by atoms with Crippen molar-refractivity contribution in [2.45, 2.75) is 25.9 Å². The molecule has 26 heavy (non-hydrogen) atoms. The monoisotopic (exact) mass is 376 g/mol. The molecule has 0 saturated carbocycles. The van der Waals surface area contributed by atoms with Crippen molar-refractivity contribution in [2.75, 3.05) is 25.0 Å². The lowest BCUT2D eigenvalue weighted by molar-refractivity contribution is 0.102. The van der Waals surface area contributed by atoms with Crippen molar-refractivity contribution >= 4 is 23.2 Å². The fourth-order valence-corrected chi connectivity index (χ4v) is 3.23. The Labute approximate surface area is 157 Å². The molecule has 1 N–H and O–H groups in total. The van der Waals surface area contributed by atoms with E-state index >= 15 is 0 Å². The lowest BCUT2D eigenvalue weighted by Crippen LogP contribution is -2.38. The van der Waals surface area contributed by atoms with Crippen LogP contribution in [0.4, 0.5) is 10.1 Å². The van der Waals surface area contributed by atoms with Gasteiger partial charge < -0.3 is 15.0 Å². The quantitative estimate of drug-likeness (QED) is 0.829. The molecule has 1 heterocycles. The number of hydrogen-bond donors (Lipinski definition) is 1. The summed E-state index contributed by atoms with van der Waals surface area (Å²) in [4.78, 5) is 14.7. The van der Waals surface area contributed by atoms with Gasteiger partial charge in [-0.3, -0.25) is 4.79 Å². The summed E-state index contributed by atoms with van der Waals surface area (Å²) in [7, 11) is 0. The van der Waals surface area contributed by atoms with E-state index in [4.69, 9.17) is 16.3 Å². The van der Waals surface area contributed by atoms with E-state index in [1.807, 2.05) is 6.07 Å². The molecule has 0 unspecified atom stereocenters. The molecule has 1 aliphatic rings. The zero-order valence-electron chi connectivity index (χ0n) is 14.7. The van der Waals surface area contributed by atoms with Gasteiger partial charge in [0.2, 0.25) is 0 Å². The molecule has 0 aromatic heterocycles. The zero-order valence-corrected chi connectivity index (χ0v) is 15.4. The van der Waals surface area contributed by atoms with Crippen LogP contribution in [0.2, 0.25) is 5.02 Å². The van der Waals surface area contributed by atoms with Crippen molar-refractivity contribution in [2.24, 2.45) is 0 Å². The molecule has 2 aromatic rings. The highest BCUT2D eigenvalue weighted by Gasteiger charge is 2.21. The second-order valence-electron chi connectivity index (χ2n) is 6.33. The third kappa shape index (κ3) is 4.54. The van der Waals surface area contributed by atoms with E-state index in [0.717, 1.165) is 32.5 Å². The van der Waals surface area contributed by atoms with Crippen LogP contribution in [0, 0.1) is 5.82 Å². The van der Waals surface area contributed by atoms with Crippen LogP contribution < -0.4 is 10.1 Å². The predicted octanol–water partition coefficient (Wildman–Crippen LogP) is 4.59. The summed E-state index contributed by atoms with van der Waals surface area (Å²) in [6, 6.07) is 10.7. The lowest BCUT2D eigenvalue weighted by Gasteiger charge is -2.31. The van der Waals surface area contributed by atoms with Gasteiger partial charge in [0.05, 0.1) is 5.69 Å². The minimum Gasteiger partial charge on any atom is -0.489 e. The Morgan fingerprint density at radius 1 is 1.23 bits per heavy atom. The summed E-state index contributed by atoms with van der Waals surface area (Å²) in [6.07, 6.45) is 2.03. The van der Waals surface area contributed by atoms with Crippen LogP contribution in [-0.4, -0.2) is 36.5 Å². The number of nitrogens with zero attached hydrogens (tertiary/aromatic N) is 1. The summed E-state index contributed by atoms with van der Waals surface area (Å²) >= 11 is 6.43. The van der Waals surface area contributed by atoms with Gasteiger partial charge >= 0.3 is 0 Å². The van der Waals surface area contributed by atoms with Gasteiger partial charge in [-0.05, 0) is 55.8 Å². The average Bonchev–Trinajstić information content (AvgIpc) is 2.66. The van der Waals surface area contributed by atoms with Gasteiger partial charge in [0.15, 0.2) is 0 Å². The Balaban J connectivity index is 1.67. The van der Waals surface area contributed by atoms with Crippen molar-refractivity contribution in [3.8, 4) is 5.75 Å². The van der Waals surface area contributed by atoms with Crippen molar-refractivity contribution in [1.29, 1.82) is 0 Å². The number of benzene rings is 2. The number of rotatable bonds is 5. The standard InChI is InChI=1S/C20H22ClFN2O2/c1-2-24-12-10-16(11-13-24)26-18-5-3-4-17(19(18)21)23-20(25)14-6-8-15(22)9-7-14/h3-9,16H,2,10-13H2,1H3,(H,23,25). The number of carbonyl (C=O) groups excluding carboxylic acids is 1. The molecule has 1 fully saturated rings. The van der Waals surface area contributed by atoms with Gasteiger partial charge in [-0.15, -0.1) is 0 Å². The Morgan fingerprint density at radius 2 is 1.92 bits per heavy atom. The smallest absolute Gasteiger partial charge is 0.255 e. The van der Waals surface area contributed by atoms with Crippen LogP contribution in [0.3, 0.4) is 0 Å². The zero-order chi connectivity index (χ0) is 18.5. The molecule has 6 heteroatoms. The van der Waals surface area contributed by atoms with Crippen LogP contribution in [0.5, 0.6) is 5.75 Å². The maximum atomic E-state index is 13.0. The Bertz CT molecular complexity index is 759. The first kappa shape index (κ1) is 18.7. The molecule has 0 radical (unpaired) electrons. The van der Waals surface area contributed by atoms with Gasteiger partial charge in [0, 0.05) is 18.7 Å². The molecule has 4 nitrogen and oxygen atoms in total. The SMILES string of the molecule is CCN1CCC(Oc2cccc(NC(=O)c3ccc(F)cc3)c2Cl)CC1. The topological polar surface area (TPSA) is 41.6 Å². The first-order valence-corrected chi connectivity index (χ1v) is 9.19. The highest BCUT2D eigenvalue weighted by Crippen LogP contribution is 2.34. The van der Waals surface area contributed by atoms with Gasteiger partial charge in [0.1, 0.15) is 22.7 Å². The molecule has 0 spiro atoms. The predicted molar refractivity (Wildman–Crippen MR) is 102 cm³/mol. The van der Waals surface area contributed by atoms with Crippen LogP contribution >= 0.6 is 11.6 Å². The number of nitrogens with one attached hydrogen (secondary N) is 1. The first-order valence-electron chi connectivity index (χ1n) is 8.81. The maximum Gasteiger partial charge on any atom is 0.255 e. The summed E-state index contributed by atoms with van der Waals surface area (Å²) in [6.45, 7) is 5.24. The van der Waals surface area contributed by atoms with Crippen molar-refractivity contribution in [3.63, 3.8) is 0 Å². The van der Waals surface area contributed by atoms with Crippen molar-refractivity contribution in [1.82, 2.24) is 4.90 Å². The van der Waals surface area contributed by atoms with Crippen LogP contribution in [0.15, 0.2) is 42.5 Å². The number of hydrogen-bond acceptors (Lipinski definition) is 3. The fraction of sp³-hybridized carbons (Fsp3) is 0.350. The molecular formula is C20H22ClFN2O2. The molecule has 0 atom stereocenters. The summed E-state index contributed by atoms with van der Waals surface area (Å²) in [5, 5.41) is 3.13. The number of likely N-dealkylation sites (tertiary alicyclic amines) is 1. The van der Waals surface area contributed by atoms with Gasteiger partial charge in [-0.1, -0.05) is 24.6 Å².